The van der Waals surface area contributed by atoms with Crippen LogP contribution in [0.3, 0.4) is 0 Å². The summed E-state index contributed by atoms with van der Waals surface area (Å²) >= 11 is 0. The summed E-state index contributed by atoms with van der Waals surface area (Å²) in [6.07, 6.45) is 0.693. The van der Waals surface area contributed by atoms with Crippen LogP contribution in [0.5, 0.6) is 0 Å². The highest BCUT2D eigenvalue weighted by Crippen LogP contribution is 2.40. The summed E-state index contributed by atoms with van der Waals surface area (Å²) in [4.78, 5) is 0. The fraction of sp³-hybridized carbons (Fsp3) is 1.00. The van der Waals surface area contributed by atoms with E-state index >= 15 is 0 Å². The van der Waals surface area contributed by atoms with Gasteiger partial charge in [-0.05, 0) is 6.42 Å². The monoisotopic (exact) mass is 218 g/mol. The quantitative estimate of drug-likeness (QED) is 0.731. The van der Waals surface area contributed by atoms with Gasteiger partial charge in [-0.15, -0.1) is 0 Å². The van der Waals surface area contributed by atoms with Gasteiger partial charge in [0, 0.05) is 11.3 Å². The predicted octanol–water partition coefficient (Wildman–Crippen LogP) is 0.766. The average molecular weight is 218 g/mol. The van der Waals surface area contributed by atoms with Gasteiger partial charge in [0.2, 0.25) is 0 Å². The molecule has 1 aliphatic rings. The van der Waals surface area contributed by atoms with E-state index in [0.717, 1.165) is 0 Å². The van der Waals surface area contributed by atoms with Gasteiger partial charge < -0.3 is 19.7 Å². The van der Waals surface area contributed by atoms with Crippen LogP contribution < -0.4 is 0 Å². The highest BCUT2D eigenvalue weighted by Gasteiger charge is 2.48. The second-order valence-corrected chi connectivity index (χ2v) is 4.82. The Morgan fingerprint density at radius 2 is 1.80 bits per heavy atom. The largest absolute Gasteiger partial charge is 0.396 e. The van der Waals surface area contributed by atoms with Crippen LogP contribution in [0.1, 0.15) is 27.2 Å². The number of ether oxygens (including phenoxy) is 2. The third kappa shape index (κ3) is 2.33. The van der Waals surface area contributed by atoms with Gasteiger partial charge in [0.15, 0.2) is 5.79 Å². The van der Waals surface area contributed by atoms with Gasteiger partial charge in [-0.1, -0.05) is 20.8 Å². The fourth-order valence-corrected chi connectivity index (χ4v) is 1.89. The minimum Gasteiger partial charge on any atom is -0.396 e. The summed E-state index contributed by atoms with van der Waals surface area (Å²) < 4.78 is 11.5. The molecule has 1 saturated heterocycles. The van der Waals surface area contributed by atoms with Crippen LogP contribution in [0, 0.1) is 11.3 Å². The van der Waals surface area contributed by atoms with Crippen molar-refractivity contribution in [3.05, 3.63) is 0 Å². The first-order valence-corrected chi connectivity index (χ1v) is 5.51. The molecule has 0 aromatic heterocycles. The van der Waals surface area contributed by atoms with Crippen LogP contribution in [-0.4, -0.2) is 42.4 Å². The summed E-state index contributed by atoms with van der Waals surface area (Å²) in [5.41, 5.74) is -0.428. The molecule has 15 heavy (non-hydrogen) atoms. The molecule has 4 nitrogen and oxygen atoms in total. The fourth-order valence-electron chi connectivity index (χ4n) is 1.89. The molecule has 0 aromatic carbocycles. The standard InChI is InChI=1S/C11H22O4/c1-4-11(10(2,3)8-13)14-6-9(5-12)7-15-11/h9,12-13H,4-8H2,1-3H3. The average Bonchev–Trinajstić information content (AvgIpc) is 2.29. The third-order valence-electron chi connectivity index (χ3n) is 3.25. The zero-order valence-corrected chi connectivity index (χ0v) is 9.82. The van der Waals surface area contributed by atoms with E-state index in [2.05, 4.69) is 0 Å². The lowest BCUT2D eigenvalue weighted by Gasteiger charge is -2.48. The lowest BCUT2D eigenvalue weighted by Crippen LogP contribution is -2.55. The molecule has 0 aromatic rings. The molecule has 1 fully saturated rings. The molecular formula is C11H22O4. The predicted molar refractivity (Wildman–Crippen MR) is 56.4 cm³/mol. The molecule has 2 N–H and O–H groups in total. The second-order valence-electron chi connectivity index (χ2n) is 4.82. The van der Waals surface area contributed by atoms with Crippen LogP contribution in [-0.2, 0) is 9.47 Å². The van der Waals surface area contributed by atoms with Crippen molar-refractivity contribution < 1.29 is 19.7 Å². The smallest absolute Gasteiger partial charge is 0.175 e. The Hall–Kier alpha value is -0.160. The van der Waals surface area contributed by atoms with E-state index < -0.39 is 11.2 Å². The molecule has 1 rings (SSSR count). The van der Waals surface area contributed by atoms with Crippen LogP contribution >= 0.6 is 0 Å². The molecule has 90 valence electrons. The second kappa shape index (κ2) is 4.78. The van der Waals surface area contributed by atoms with Gasteiger partial charge >= 0.3 is 0 Å². The number of rotatable bonds is 4. The summed E-state index contributed by atoms with van der Waals surface area (Å²) in [7, 11) is 0. The zero-order valence-electron chi connectivity index (χ0n) is 9.82. The van der Waals surface area contributed by atoms with E-state index in [-0.39, 0.29) is 19.1 Å². The van der Waals surface area contributed by atoms with Crippen molar-refractivity contribution in [3.63, 3.8) is 0 Å². The lowest BCUT2D eigenvalue weighted by atomic mass is 9.81. The third-order valence-corrected chi connectivity index (χ3v) is 3.25. The van der Waals surface area contributed by atoms with Gasteiger partial charge in [0.1, 0.15) is 0 Å². The Balaban J connectivity index is 2.72. The van der Waals surface area contributed by atoms with E-state index in [9.17, 15) is 5.11 Å². The SMILES string of the molecule is CCC1(C(C)(C)CO)OCC(CO)CO1. The van der Waals surface area contributed by atoms with Crippen LogP contribution in [0.15, 0.2) is 0 Å². The van der Waals surface area contributed by atoms with E-state index in [0.29, 0.717) is 19.6 Å². The molecule has 0 bridgehead atoms. The Morgan fingerprint density at radius 3 is 2.13 bits per heavy atom. The number of hydrogen-bond acceptors (Lipinski definition) is 4. The maximum atomic E-state index is 9.36. The van der Waals surface area contributed by atoms with Gasteiger partial charge in [0.05, 0.1) is 26.4 Å². The zero-order chi connectivity index (χ0) is 11.5. The van der Waals surface area contributed by atoms with Crippen LogP contribution in [0.4, 0.5) is 0 Å². The van der Waals surface area contributed by atoms with Crippen molar-refractivity contribution in [1.29, 1.82) is 0 Å². The molecule has 4 heteroatoms. The van der Waals surface area contributed by atoms with E-state index in [1.54, 1.807) is 0 Å². The molecule has 0 unspecified atom stereocenters. The summed E-state index contributed by atoms with van der Waals surface area (Å²) in [5.74, 6) is -0.660. The first kappa shape index (κ1) is 12.9. The molecule has 0 atom stereocenters. The number of aliphatic hydroxyl groups is 2. The molecule has 0 saturated carbocycles. The maximum absolute atomic E-state index is 9.36. The Morgan fingerprint density at radius 1 is 1.27 bits per heavy atom. The Kier molecular flexibility index (Phi) is 4.12. The lowest BCUT2D eigenvalue weighted by molar-refractivity contribution is -0.337. The van der Waals surface area contributed by atoms with Gasteiger partial charge in [-0.2, -0.15) is 0 Å². The molecule has 0 aliphatic carbocycles. The first-order chi connectivity index (χ1) is 7.01. The van der Waals surface area contributed by atoms with Gasteiger partial charge in [-0.25, -0.2) is 0 Å². The molecule has 0 radical (unpaired) electrons. The van der Waals surface area contributed by atoms with Crippen LogP contribution in [0.2, 0.25) is 0 Å². The first-order valence-electron chi connectivity index (χ1n) is 5.51. The molecule has 1 heterocycles. The number of hydrogen-bond donors (Lipinski definition) is 2. The summed E-state index contributed by atoms with van der Waals surface area (Å²) in [5, 5.41) is 18.3. The van der Waals surface area contributed by atoms with Crippen molar-refractivity contribution >= 4 is 0 Å². The van der Waals surface area contributed by atoms with Crippen LogP contribution in [0.25, 0.3) is 0 Å². The molecular weight excluding hydrogens is 196 g/mol. The van der Waals surface area contributed by atoms with Crippen molar-refractivity contribution in [2.75, 3.05) is 26.4 Å². The van der Waals surface area contributed by atoms with Crippen molar-refractivity contribution in [2.24, 2.45) is 11.3 Å². The van der Waals surface area contributed by atoms with E-state index in [1.807, 2.05) is 20.8 Å². The van der Waals surface area contributed by atoms with Crippen molar-refractivity contribution in [2.45, 2.75) is 33.0 Å². The van der Waals surface area contributed by atoms with Gasteiger partial charge in [0.25, 0.3) is 0 Å². The topological polar surface area (TPSA) is 58.9 Å². The van der Waals surface area contributed by atoms with Crippen molar-refractivity contribution in [1.82, 2.24) is 0 Å². The summed E-state index contributed by atoms with van der Waals surface area (Å²) in [6.45, 7) is 6.92. The molecule has 0 amide bonds. The Labute approximate surface area is 91.2 Å². The Bertz CT molecular complexity index is 195. The van der Waals surface area contributed by atoms with E-state index in [4.69, 9.17) is 14.6 Å². The molecule has 0 spiro atoms. The summed E-state index contributed by atoms with van der Waals surface area (Å²) in [6, 6.07) is 0. The number of aliphatic hydroxyl groups excluding tert-OH is 2. The highest BCUT2D eigenvalue weighted by molar-refractivity contribution is 4.88. The normalized spacial score (nSPS) is 33.0. The van der Waals surface area contributed by atoms with Crippen molar-refractivity contribution in [3.8, 4) is 0 Å². The highest BCUT2D eigenvalue weighted by atomic mass is 16.7. The minimum atomic E-state index is -0.715. The maximum Gasteiger partial charge on any atom is 0.175 e. The minimum absolute atomic E-state index is 0.0185. The van der Waals surface area contributed by atoms with Gasteiger partial charge in [-0.3, -0.25) is 0 Å². The van der Waals surface area contributed by atoms with E-state index in [1.165, 1.54) is 0 Å². The molecule has 1 aliphatic heterocycles.